The lowest BCUT2D eigenvalue weighted by Crippen LogP contribution is -2.41. The molecule has 0 atom stereocenters. The number of carbonyl (C=O) groups is 2. The van der Waals surface area contributed by atoms with E-state index in [0.717, 1.165) is 25.9 Å². The fourth-order valence-electron chi connectivity index (χ4n) is 2.76. The first-order valence-corrected chi connectivity index (χ1v) is 7.27. The maximum absolute atomic E-state index is 12.5. The number of amides is 2. The maximum Gasteiger partial charge on any atom is 0.240 e. The Bertz CT molecular complexity index is 605. The second-order valence-corrected chi connectivity index (χ2v) is 5.72. The molecule has 2 amide bonds. The Morgan fingerprint density at radius 3 is 2.29 bits per heavy atom. The van der Waals surface area contributed by atoms with Gasteiger partial charge in [-0.15, -0.1) is 0 Å². The highest BCUT2D eigenvalue weighted by Crippen LogP contribution is 2.48. The zero-order chi connectivity index (χ0) is 14.9. The van der Waals surface area contributed by atoms with Gasteiger partial charge in [-0.3, -0.25) is 9.59 Å². The molecule has 5 nitrogen and oxygen atoms in total. The Morgan fingerprint density at radius 1 is 1.14 bits per heavy atom. The van der Waals surface area contributed by atoms with Gasteiger partial charge >= 0.3 is 0 Å². The molecule has 0 aromatic heterocycles. The summed E-state index contributed by atoms with van der Waals surface area (Å²) >= 11 is 0. The summed E-state index contributed by atoms with van der Waals surface area (Å²) in [5.41, 5.74) is 0.319. The number of anilines is 1. The van der Waals surface area contributed by atoms with Crippen LogP contribution in [0.4, 0.5) is 5.69 Å². The molecule has 3 rings (SSSR count). The minimum absolute atomic E-state index is 0.0221. The molecule has 1 aliphatic heterocycles. The molecule has 1 heterocycles. The number of likely N-dealkylation sites (tertiary alicyclic amines) is 1. The van der Waals surface area contributed by atoms with Crippen molar-refractivity contribution < 1.29 is 9.59 Å². The largest absolute Gasteiger partial charge is 0.342 e. The van der Waals surface area contributed by atoms with Gasteiger partial charge in [-0.25, -0.2) is 0 Å². The summed E-state index contributed by atoms with van der Waals surface area (Å²) < 4.78 is 0. The molecule has 1 saturated heterocycles. The van der Waals surface area contributed by atoms with E-state index in [0.29, 0.717) is 24.1 Å². The lowest BCUT2D eigenvalue weighted by Gasteiger charge is -2.22. The van der Waals surface area contributed by atoms with Crippen LogP contribution in [0.15, 0.2) is 24.3 Å². The second-order valence-electron chi connectivity index (χ2n) is 5.72. The fraction of sp³-hybridized carbons (Fsp3) is 0.438. The predicted molar refractivity (Wildman–Crippen MR) is 77.3 cm³/mol. The fourth-order valence-corrected chi connectivity index (χ4v) is 2.76. The van der Waals surface area contributed by atoms with Crippen LogP contribution in [0.1, 0.15) is 31.2 Å². The molecule has 21 heavy (non-hydrogen) atoms. The number of carbonyl (C=O) groups excluding carboxylic acids is 2. The van der Waals surface area contributed by atoms with E-state index in [1.54, 1.807) is 24.3 Å². The summed E-state index contributed by atoms with van der Waals surface area (Å²) in [6.45, 7) is 1.54. The van der Waals surface area contributed by atoms with Crippen LogP contribution in [0.2, 0.25) is 0 Å². The number of nitrogens with one attached hydrogen (secondary N) is 1. The first kappa shape index (κ1) is 13.6. The highest BCUT2D eigenvalue weighted by molar-refractivity contribution is 6.13. The third-order valence-corrected chi connectivity index (χ3v) is 4.26. The van der Waals surface area contributed by atoms with Crippen molar-refractivity contribution in [3.8, 4) is 6.07 Å². The van der Waals surface area contributed by atoms with Gasteiger partial charge in [-0.05, 0) is 49.9 Å². The lowest BCUT2D eigenvalue weighted by molar-refractivity contribution is -0.141. The number of nitrogens with zero attached hydrogens (tertiary/aromatic N) is 2. The van der Waals surface area contributed by atoms with Gasteiger partial charge in [0, 0.05) is 18.8 Å². The topological polar surface area (TPSA) is 73.2 Å². The van der Waals surface area contributed by atoms with Crippen molar-refractivity contribution in [3.63, 3.8) is 0 Å². The summed E-state index contributed by atoms with van der Waals surface area (Å²) in [6.07, 6.45) is 3.31. The Balaban J connectivity index is 1.69. The molecule has 5 heteroatoms. The molecule has 1 aromatic carbocycles. The van der Waals surface area contributed by atoms with Gasteiger partial charge in [0.1, 0.15) is 5.41 Å². The van der Waals surface area contributed by atoms with Crippen LogP contribution < -0.4 is 5.32 Å². The van der Waals surface area contributed by atoms with Crippen LogP contribution in [0.25, 0.3) is 0 Å². The number of hydrogen-bond acceptors (Lipinski definition) is 3. The highest BCUT2D eigenvalue weighted by atomic mass is 16.2. The Morgan fingerprint density at radius 2 is 1.76 bits per heavy atom. The number of nitriles is 1. The normalized spacial score (nSPS) is 18.9. The first-order valence-electron chi connectivity index (χ1n) is 7.27. The summed E-state index contributed by atoms with van der Waals surface area (Å²) in [5, 5.41) is 11.6. The second kappa shape index (κ2) is 5.21. The molecule has 1 aromatic rings. The monoisotopic (exact) mass is 283 g/mol. The minimum atomic E-state index is -0.849. The van der Waals surface area contributed by atoms with Gasteiger partial charge in [-0.2, -0.15) is 5.26 Å². The van der Waals surface area contributed by atoms with Crippen molar-refractivity contribution >= 4 is 17.5 Å². The molecule has 0 radical (unpaired) electrons. The number of rotatable bonds is 3. The van der Waals surface area contributed by atoms with E-state index in [9.17, 15) is 9.59 Å². The summed E-state index contributed by atoms with van der Waals surface area (Å²) in [5.74, 6) is -0.241. The van der Waals surface area contributed by atoms with Crippen molar-refractivity contribution in [2.75, 3.05) is 18.4 Å². The molecule has 108 valence electrons. The standard InChI is InChI=1S/C16H17N3O2/c17-11-12-3-5-13(6-4-12)18-14(20)16(7-8-16)15(21)19-9-1-2-10-19/h3-6H,1-2,7-10H2,(H,18,20). The van der Waals surface area contributed by atoms with Crippen molar-refractivity contribution in [2.45, 2.75) is 25.7 Å². The zero-order valence-corrected chi connectivity index (χ0v) is 11.8. The summed E-state index contributed by atoms with van der Waals surface area (Å²) in [4.78, 5) is 26.7. The van der Waals surface area contributed by atoms with E-state index in [-0.39, 0.29) is 11.8 Å². The molecule has 1 aliphatic carbocycles. The average molecular weight is 283 g/mol. The van der Waals surface area contributed by atoms with Gasteiger partial charge < -0.3 is 10.2 Å². The predicted octanol–water partition coefficient (Wildman–Crippen LogP) is 1.90. The minimum Gasteiger partial charge on any atom is -0.342 e. The average Bonchev–Trinajstić information content (AvgIpc) is 3.15. The number of hydrogen-bond donors (Lipinski definition) is 1. The van der Waals surface area contributed by atoms with E-state index < -0.39 is 5.41 Å². The van der Waals surface area contributed by atoms with E-state index in [1.165, 1.54) is 0 Å². The van der Waals surface area contributed by atoms with Crippen LogP contribution in [0, 0.1) is 16.7 Å². The molecule has 0 bridgehead atoms. The Labute approximate surface area is 123 Å². The molecule has 2 fully saturated rings. The molecule has 0 spiro atoms. The van der Waals surface area contributed by atoms with Gasteiger partial charge in [-0.1, -0.05) is 0 Å². The van der Waals surface area contributed by atoms with Crippen molar-refractivity contribution in [1.82, 2.24) is 4.90 Å². The van der Waals surface area contributed by atoms with Crippen molar-refractivity contribution in [2.24, 2.45) is 5.41 Å². The third-order valence-electron chi connectivity index (χ3n) is 4.26. The molecule has 2 aliphatic rings. The molecule has 1 N–H and O–H groups in total. The van der Waals surface area contributed by atoms with Crippen LogP contribution >= 0.6 is 0 Å². The Kier molecular flexibility index (Phi) is 3.38. The third kappa shape index (κ3) is 2.49. The molecular weight excluding hydrogens is 266 g/mol. The SMILES string of the molecule is N#Cc1ccc(NC(=O)C2(C(=O)N3CCCC3)CC2)cc1. The van der Waals surface area contributed by atoms with E-state index in [4.69, 9.17) is 5.26 Å². The van der Waals surface area contributed by atoms with E-state index in [2.05, 4.69) is 5.32 Å². The van der Waals surface area contributed by atoms with Gasteiger partial charge in [0.05, 0.1) is 11.6 Å². The highest BCUT2D eigenvalue weighted by Gasteiger charge is 2.58. The smallest absolute Gasteiger partial charge is 0.240 e. The molecule has 1 saturated carbocycles. The van der Waals surface area contributed by atoms with Crippen LogP contribution in [0.3, 0.4) is 0 Å². The first-order chi connectivity index (χ1) is 10.2. The van der Waals surface area contributed by atoms with E-state index >= 15 is 0 Å². The number of benzene rings is 1. The van der Waals surface area contributed by atoms with Gasteiger partial charge in [0.25, 0.3) is 0 Å². The van der Waals surface area contributed by atoms with Gasteiger partial charge in [0.2, 0.25) is 11.8 Å². The van der Waals surface area contributed by atoms with Crippen LogP contribution in [-0.2, 0) is 9.59 Å². The quantitative estimate of drug-likeness (QED) is 0.861. The van der Waals surface area contributed by atoms with Crippen LogP contribution in [-0.4, -0.2) is 29.8 Å². The molecular formula is C16H17N3O2. The molecule has 0 unspecified atom stereocenters. The Hall–Kier alpha value is -2.35. The summed E-state index contributed by atoms with van der Waals surface area (Å²) in [6, 6.07) is 8.71. The van der Waals surface area contributed by atoms with E-state index in [1.807, 2.05) is 11.0 Å². The van der Waals surface area contributed by atoms with Crippen LogP contribution in [0.5, 0.6) is 0 Å². The maximum atomic E-state index is 12.5. The van der Waals surface area contributed by atoms with Gasteiger partial charge in [0.15, 0.2) is 0 Å². The van der Waals surface area contributed by atoms with Crippen molar-refractivity contribution in [3.05, 3.63) is 29.8 Å². The lowest BCUT2D eigenvalue weighted by atomic mass is 10.0. The van der Waals surface area contributed by atoms with Crippen molar-refractivity contribution in [1.29, 1.82) is 5.26 Å². The zero-order valence-electron chi connectivity index (χ0n) is 11.8. The summed E-state index contributed by atoms with van der Waals surface area (Å²) in [7, 11) is 0.